The van der Waals surface area contributed by atoms with Gasteiger partial charge in [0.05, 0.1) is 32.0 Å². The normalized spacial score (nSPS) is 19.0. The maximum absolute atomic E-state index is 13.4. The van der Waals surface area contributed by atoms with E-state index in [9.17, 15) is 54.0 Å². The molecule has 18 heteroatoms. The molecule has 0 aliphatic heterocycles. The molecule has 0 amide bonds. The number of rotatable bonds is 11. The van der Waals surface area contributed by atoms with Gasteiger partial charge in [0.25, 0.3) is 0 Å². The van der Waals surface area contributed by atoms with Crippen molar-refractivity contribution < 1.29 is 58.7 Å². The van der Waals surface area contributed by atoms with Gasteiger partial charge in [-0.3, -0.25) is 24.0 Å². The molecule has 10 nitrogen and oxygen atoms in total. The number of fused-ring (bicyclic) bond motifs is 2. The summed E-state index contributed by atoms with van der Waals surface area (Å²) in [5.41, 5.74) is -0.273. The summed E-state index contributed by atoms with van der Waals surface area (Å²) in [6, 6.07) is 15.8. The standard InChI is InChI=1S/C22H19ClO4S2.C17H16ClF3O6S/c1-29(26,27)16-9-10-17(18(23)12-16)21(25)19-20(24)13-7-8-14(11-13)22(19)28-15-5-3-2-4-6-15;1-28(25,26)13-6-5-9(15(18)10(13)7-27-8-17(19,20)21)16(24)14-11(22)3-2-4-12(14)23/h2-6,9-10,12-14H,7-8,11H2,1H3;5-6,14H,2-4,7-8H2,1H3. The Hall–Kier alpha value is -3.67. The molecule has 0 heterocycles. The highest BCUT2D eigenvalue weighted by atomic mass is 35.5. The fourth-order valence-electron chi connectivity index (χ4n) is 6.90. The SMILES string of the molecule is CS(=O)(=O)c1ccc(C(=O)C2=C(Sc3ccccc3)C3CCC(C3)C2=O)c(Cl)c1.CS(=O)(=O)c1ccc(C(=O)C2C(=O)CCCC2=O)c(Cl)c1COCC(F)(F)F. The topological polar surface area (TPSA) is 163 Å². The quantitative estimate of drug-likeness (QED) is 0.104. The summed E-state index contributed by atoms with van der Waals surface area (Å²) in [4.78, 5) is 64.6. The van der Waals surface area contributed by atoms with Gasteiger partial charge < -0.3 is 4.74 Å². The molecule has 0 saturated heterocycles. The van der Waals surface area contributed by atoms with Crippen molar-refractivity contribution in [3.63, 3.8) is 0 Å². The van der Waals surface area contributed by atoms with Crippen LogP contribution in [0.2, 0.25) is 10.0 Å². The van der Waals surface area contributed by atoms with Crippen molar-refractivity contribution >= 4 is 83.6 Å². The fraction of sp³-hybridized carbons (Fsp3) is 0.359. The van der Waals surface area contributed by atoms with Crippen LogP contribution in [0, 0.1) is 17.8 Å². The van der Waals surface area contributed by atoms with Crippen molar-refractivity contribution in [3.05, 3.63) is 97.9 Å². The van der Waals surface area contributed by atoms with Gasteiger partial charge in [-0.1, -0.05) is 53.2 Å². The molecule has 0 radical (unpaired) electrons. The van der Waals surface area contributed by atoms with E-state index in [0.29, 0.717) is 6.42 Å². The van der Waals surface area contributed by atoms with Gasteiger partial charge in [-0.2, -0.15) is 13.2 Å². The smallest absolute Gasteiger partial charge is 0.367 e. The molecule has 2 atom stereocenters. The van der Waals surface area contributed by atoms with Crippen LogP contribution < -0.4 is 0 Å². The molecule has 3 aliphatic carbocycles. The number of benzene rings is 3. The molecule has 3 aliphatic rings. The molecular weight excluding hydrogens is 853 g/mol. The molecule has 2 saturated carbocycles. The van der Waals surface area contributed by atoms with E-state index in [-0.39, 0.29) is 62.6 Å². The van der Waals surface area contributed by atoms with Gasteiger partial charge in [0.1, 0.15) is 12.5 Å². The monoisotopic (exact) mass is 886 g/mol. The van der Waals surface area contributed by atoms with Gasteiger partial charge in [0.15, 0.2) is 48.6 Å². The number of sulfone groups is 2. The lowest BCUT2D eigenvalue weighted by Crippen LogP contribution is -2.35. The Labute approximate surface area is 341 Å². The van der Waals surface area contributed by atoms with Crippen LogP contribution >= 0.6 is 35.0 Å². The summed E-state index contributed by atoms with van der Waals surface area (Å²) in [6.07, 6.45) is 0.145. The fourth-order valence-corrected chi connectivity index (χ4v) is 10.4. The second kappa shape index (κ2) is 17.7. The number of ketones is 5. The van der Waals surface area contributed by atoms with E-state index in [1.165, 1.54) is 30.0 Å². The lowest BCUT2D eigenvalue weighted by Gasteiger charge is -2.24. The number of carbonyl (C=O) groups excluding carboxylic acids is 5. The minimum atomic E-state index is -4.65. The Morgan fingerprint density at radius 2 is 1.46 bits per heavy atom. The van der Waals surface area contributed by atoms with Gasteiger partial charge in [0.2, 0.25) is 0 Å². The maximum Gasteiger partial charge on any atom is 0.411 e. The van der Waals surface area contributed by atoms with Crippen molar-refractivity contribution in [1.29, 1.82) is 0 Å². The van der Waals surface area contributed by atoms with E-state index < -0.39 is 78.0 Å². The van der Waals surface area contributed by atoms with Crippen molar-refractivity contribution in [1.82, 2.24) is 0 Å². The number of carbonyl (C=O) groups is 5. The number of halogens is 5. The van der Waals surface area contributed by atoms with E-state index in [1.807, 2.05) is 30.3 Å². The zero-order valence-corrected chi connectivity index (χ0v) is 34.3. The number of Topliss-reactive ketones (excluding diaryl/α,β-unsaturated/α-hetero) is 5. The first kappa shape index (κ1) is 44.4. The molecular formula is C39H35Cl2F3O10S3. The number of ether oxygens (including phenoxy) is 1. The molecule has 2 bridgehead atoms. The average molecular weight is 888 g/mol. The van der Waals surface area contributed by atoms with Crippen LogP contribution in [0.4, 0.5) is 13.2 Å². The second-order valence-electron chi connectivity index (χ2n) is 13.8. The summed E-state index contributed by atoms with van der Waals surface area (Å²) >= 11 is 13.8. The van der Waals surface area contributed by atoms with Crippen LogP contribution in [0.3, 0.4) is 0 Å². The zero-order chi connectivity index (χ0) is 42.0. The minimum Gasteiger partial charge on any atom is -0.367 e. The van der Waals surface area contributed by atoms with E-state index in [1.54, 1.807) is 0 Å². The number of hydrogen-bond donors (Lipinski definition) is 0. The van der Waals surface area contributed by atoms with E-state index in [4.69, 9.17) is 23.2 Å². The lowest BCUT2D eigenvalue weighted by atomic mass is 9.81. The van der Waals surface area contributed by atoms with E-state index >= 15 is 0 Å². The summed E-state index contributed by atoms with van der Waals surface area (Å²) in [7, 11) is -7.34. The molecule has 6 rings (SSSR count). The zero-order valence-electron chi connectivity index (χ0n) is 30.4. The maximum atomic E-state index is 13.4. The molecule has 0 N–H and O–H groups in total. The summed E-state index contributed by atoms with van der Waals surface area (Å²) < 4.78 is 88.8. The van der Waals surface area contributed by atoms with Crippen molar-refractivity contribution in [2.45, 2.75) is 66.0 Å². The largest absolute Gasteiger partial charge is 0.411 e. The molecule has 3 aromatic rings. The summed E-state index contributed by atoms with van der Waals surface area (Å²) in [5.74, 6) is -4.06. The minimum absolute atomic E-state index is 0.0419. The molecule has 0 aromatic heterocycles. The average Bonchev–Trinajstić information content (AvgIpc) is 3.57. The van der Waals surface area contributed by atoms with E-state index in [0.717, 1.165) is 53.7 Å². The number of alkyl halides is 3. The predicted octanol–water partition coefficient (Wildman–Crippen LogP) is 7.92. The van der Waals surface area contributed by atoms with Crippen LogP contribution in [0.5, 0.6) is 0 Å². The molecule has 57 heavy (non-hydrogen) atoms. The van der Waals surface area contributed by atoms with Gasteiger partial charge >= 0.3 is 6.18 Å². The van der Waals surface area contributed by atoms with Crippen LogP contribution in [-0.4, -0.2) is 71.0 Å². The highest BCUT2D eigenvalue weighted by molar-refractivity contribution is 8.03. The Bertz CT molecular complexity index is 2380. The molecule has 3 aromatic carbocycles. The first-order chi connectivity index (χ1) is 26.6. The number of hydrogen-bond acceptors (Lipinski definition) is 11. The van der Waals surface area contributed by atoms with Crippen LogP contribution in [0.1, 0.15) is 64.8 Å². The highest BCUT2D eigenvalue weighted by Gasteiger charge is 2.44. The highest BCUT2D eigenvalue weighted by Crippen LogP contribution is 2.50. The predicted molar refractivity (Wildman–Crippen MR) is 206 cm³/mol. The Balaban J connectivity index is 0.000000218. The third-order valence-corrected chi connectivity index (χ3v) is 13.9. The van der Waals surface area contributed by atoms with Crippen LogP contribution in [-0.2, 0) is 45.4 Å². The Morgan fingerprint density at radius 3 is 2.04 bits per heavy atom. The summed E-state index contributed by atoms with van der Waals surface area (Å²) in [5, 5.41) is -0.415. The first-order valence-corrected chi connectivity index (χ1v) is 22.7. The first-order valence-electron chi connectivity index (χ1n) is 17.4. The molecule has 0 spiro atoms. The van der Waals surface area contributed by atoms with Crippen molar-refractivity contribution in [2.24, 2.45) is 17.8 Å². The second-order valence-corrected chi connectivity index (χ2v) is 19.7. The van der Waals surface area contributed by atoms with Crippen LogP contribution in [0.25, 0.3) is 0 Å². The third kappa shape index (κ3) is 10.5. The number of allylic oxidation sites excluding steroid dienone is 2. The molecule has 2 unspecified atom stereocenters. The Kier molecular flexibility index (Phi) is 13.8. The Morgan fingerprint density at radius 1 is 0.842 bits per heavy atom. The molecule has 304 valence electrons. The van der Waals surface area contributed by atoms with Gasteiger partial charge in [-0.15, -0.1) is 0 Å². The van der Waals surface area contributed by atoms with Crippen molar-refractivity contribution in [3.8, 4) is 0 Å². The lowest BCUT2D eigenvalue weighted by molar-refractivity contribution is -0.176. The van der Waals surface area contributed by atoms with E-state index in [2.05, 4.69) is 4.74 Å². The van der Waals surface area contributed by atoms with Gasteiger partial charge in [-0.25, -0.2) is 16.8 Å². The van der Waals surface area contributed by atoms with Crippen molar-refractivity contribution in [2.75, 3.05) is 19.1 Å². The van der Waals surface area contributed by atoms with Gasteiger partial charge in [0, 0.05) is 57.8 Å². The number of thioether (sulfide) groups is 1. The van der Waals surface area contributed by atoms with Gasteiger partial charge in [-0.05, 0) is 74.1 Å². The molecule has 2 fully saturated rings. The van der Waals surface area contributed by atoms with Crippen LogP contribution in [0.15, 0.2) is 85.8 Å². The third-order valence-electron chi connectivity index (χ3n) is 9.61. The summed E-state index contributed by atoms with van der Waals surface area (Å²) in [6.45, 7) is -2.47.